The first kappa shape index (κ1) is 23.1. The molecule has 3 aromatic rings. The summed E-state index contributed by atoms with van der Waals surface area (Å²) < 4.78 is 2.94. The van der Waals surface area contributed by atoms with Gasteiger partial charge in [-0.15, -0.1) is 18.2 Å². The molecule has 4 rings (SSSR count). The lowest BCUT2D eigenvalue weighted by atomic mass is 10.2. The van der Waals surface area contributed by atoms with Crippen molar-refractivity contribution in [3.05, 3.63) is 58.9 Å². The van der Waals surface area contributed by atoms with Gasteiger partial charge in [0.2, 0.25) is 5.91 Å². The molecule has 0 radical (unpaired) electrons. The number of para-hydroxylation sites is 1. The third kappa shape index (κ3) is 5.67. The van der Waals surface area contributed by atoms with Crippen molar-refractivity contribution < 1.29 is 9.59 Å². The maximum atomic E-state index is 12.6. The standard InChI is InChI=1S/C25H26N4O2S2/c1-3-11-29-21-10-9-19(2)16-22(21)33-25(29)26-23(30)17-32-18-24(31)28-14-12-27(13-15-28)20-7-5-4-6-8-20/h1,4-10,16H,11-15,17-18H2,2H3. The van der Waals surface area contributed by atoms with Gasteiger partial charge in [-0.05, 0) is 36.8 Å². The molecule has 2 aromatic carbocycles. The minimum Gasteiger partial charge on any atom is -0.368 e. The Balaban J connectivity index is 1.31. The van der Waals surface area contributed by atoms with Crippen molar-refractivity contribution >= 4 is 50.8 Å². The van der Waals surface area contributed by atoms with Crippen LogP contribution in [-0.2, 0) is 16.1 Å². The van der Waals surface area contributed by atoms with Gasteiger partial charge in [0.15, 0.2) is 4.80 Å². The Morgan fingerprint density at radius 2 is 1.85 bits per heavy atom. The summed E-state index contributed by atoms with van der Waals surface area (Å²) in [7, 11) is 0. The quantitative estimate of drug-likeness (QED) is 0.511. The molecule has 170 valence electrons. The molecule has 8 heteroatoms. The lowest BCUT2D eigenvalue weighted by molar-refractivity contribution is -0.128. The van der Waals surface area contributed by atoms with E-state index in [0.29, 0.717) is 24.4 Å². The molecule has 33 heavy (non-hydrogen) atoms. The fourth-order valence-corrected chi connectivity index (χ4v) is 5.66. The van der Waals surface area contributed by atoms with Crippen molar-refractivity contribution in [3.8, 4) is 12.3 Å². The van der Waals surface area contributed by atoms with E-state index in [0.717, 1.165) is 28.9 Å². The van der Waals surface area contributed by atoms with Crippen LogP contribution in [0.3, 0.4) is 0 Å². The van der Waals surface area contributed by atoms with Gasteiger partial charge in [-0.2, -0.15) is 4.99 Å². The highest BCUT2D eigenvalue weighted by Crippen LogP contribution is 2.19. The van der Waals surface area contributed by atoms with Crippen molar-refractivity contribution in [1.29, 1.82) is 0 Å². The number of fused-ring (bicyclic) bond motifs is 1. The molecule has 1 aromatic heterocycles. The minimum atomic E-state index is -0.254. The molecule has 0 saturated carbocycles. The summed E-state index contributed by atoms with van der Waals surface area (Å²) in [5.74, 6) is 2.90. The van der Waals surface area contributed by atoms with Crippen molar-refractivity contribution in [2.45, 2.75) is 13.5 Å². The van der Waals surface area contributed by atoms with E-state index >= 15 is 0 Å². The Kier molecular flexibility index (Phi) is 7.53. The van der Waals surface area contributed by atoms with Crippen molar-refractivity contribution in [2.24, 2.45) is 4.99 Å². The largest absolute Gasteiger partial charge is 0.368 e. The van der Waals surface area contributed by atoms with Gasteiger partial charge in [-0.25, -0.2) is 0 Å². The fourth-order valence-electron chi connectivity index (χ4n) is 3.82. The van der Waals surface area contributed by atoms with Gasteiger partial charge in [0.1, 0.15) is 0 Å². The van der Waals surface area contributed by atoms with Crippen molar-refractivity contribution in [2.75, 3.05) is 42.6 Å². The first-order valence-electron chi connectivity index (χ1n) is 10.8. The topological polar surface area (TPSA) is 57.9 Å². The summed E-state index contributed by atoms with van der Waals surface area (Å²) in [6.45, 7) is 5.40. The second kappa shape index (κ2) is 10.7. The van der Waals surface area contributed by atoms with E-state index in [2.05, 4.69) is 34.0 Å². The first-order valence-corrected chi connectivity index (χ1v) is 12.8. The van der Waals surface area contributed by atoms with Crippen LogP contribution in [0.1, 0.15) is 5.56 Å². The highest BCUT2D eigenvalue weighted by Gasteiger charge is 2.21. The number of carbonyl (C=O) groups excluding carboxylic acids is 2. The maximum Gasteiger partial charge on any atom is 0.258 e. The Hall–Kier alpha value is -3.02. The normalized spacial score (nSPS) is 14.5. The fraction of sp³-hybridized carbons (Fsp3) is 0.320. The third-order valence-corrected chi connectivity index (χ3v) is 7.46. The molecular formula is C25H26N4O2S2. The molecule has 0 aliphatic carbocycles. The maximum absolute atomic E-state index is 12.6. The van der Waals surface area contributed by atoms with E-state index in [1.165, 1.54) is 28.8 Å². The zero-order valence-electron chi connectivity index (χ0n) is 18.6. The van der Waals surface area contributed by atoms with Gasteiger partial charge in [-0.1, -0.05) is 41.5 Å². The van der Waals surface area contributed by atoms with Crippen LogP contribution in [-0.4, -0.2) is 59.0 Å². The van der Waals surface area contributed by atoms with Crippen LogP contribution in [0.4, 0.5) is 5.69 Å². The number of aryl methyl sites for hydroxylation is 1. The molecule has 1 aliphatic rings. The zero-order valence-corrected chi connectivity index (χ0v) is 20.2. The summed E-state index contributed by atoms with van der Waals surface area (Å²) in [5.41, 5.74) is 3.31. The van der Waals surface area contributed by atoms with Crippen molar-refractivity contribution in [1.82, 2.24) is 9.47 Å². The number of thioether (sulfide) groups is 1. The van der Waals surface area contributed by atoms with Gasteiger partial charge in [0.25, 0.3) is 5.91 Å². The average molecular weight is 479 g/mol. The summed E-state index contributed by atoms with van der Waals surface area (Å²) >= 11 is 2.77. The average Bonchev–Trinajstić information content (AvgIpc) is 3.15. The predicted octanol–water partition coefficient (Wildman–Crippen LogP) is 3.15. The van der Waals surface area contributed by atoms with E-state index in [9.17, 15) is 9.59 Å². The molecule has 1 saturated heterocycles. The van der Waals surface area contributed by atoms with E-state index in [1.807, 2.05) is 46.7 Å². The second-order valence-electron chi connectivity index (χ2n) is 7.85. The van der Waals surface area contributed by atoms with Crippen molar-refractivity contribution in [3.63, 3.8) is 0 Å². The lowest BCUT2D eigenvalue weighted by Crippen LogP contribution is -2.49. The SMILES string of the molecule is C#CCn1c(=NC(=O)CSCC(=O)N2CCN(c3ccccc3)CC2)sc2cc(C)ccc21. The number of aromatic nitrogens is 1. The Morgan fingerprint density at radius 1 is 1.09 bits per heavy atom. The molecule has 2 amide bonds. The number of hydrogen-bond donors (Lipinski definition) is 0. The van der Waals surface area contributed by atoms with Crippen LogP contribution in [0, 0.1) is 19.3 Å². The molecule has 0 unspecified atom stereocenters. The van der Waals surface area contributed by atoms with Crippen LogP contribution in [0.5, 0.6) is 0 Å². The van der Waals surface area contributed by atoms with E-state index < -0.39 is 0 Å². The summed E-state index contributed by atoms with van der Waals surface area (Å²) in [6, 6.07) is 16.3. The second-order valence-corrected chi connectivity index (χ2v) is 9.84. The van der Waals surface area contributed by atoms with Gasteiger partial charge in [0, 0.05) is 31.9 Å². The van der Waals surface area contributed by atoms with Crippen LogP contribution >= 0.6 is 23.1 Å². The number of piperazine rings is 1. The van der Waals surface area contributed by atoms with Gasteiger partial charge in [0.05, 0.1) is 28.3 Å². The van der Waals surface area contributed by atoms with Crippen LogP contribution in [0.25, 0.3) is 10.2 Å². The number of thiazole rings is 1. The number of amides is 2. The van der Waals surface area contributed by atoms with E-state index in [-0.39, 0.29) is 23.3 Å². The molecular weight excluding hydrogens is 452 g/mol. The van der Waals surface area contributed by atoms with Gasteiger partial charge >= 0.3 is 0 Å². The Bertz CT molecular complexity index is 1250. The molecule has 6 nitrogen and oxygen atoms in total. The van der Waals surface area contributed by atoms with Gasteiger partial charge in [-0.3, -0.25) is 9.59 Å². The smallest absolute Gasteiger partial charge is 0.258 e. The highest BCUT2D eigenvalue weighted by molar-refractivity contribution is 8.00. The number of benzene rings is 2. The van der Waals surface area contributed by atoms with E-state index in [1.54, 1.807) is 0 Å². The molecule has 0 N–H and O–H groups in total. The molecule has 0 bridgehead atoms. The molecule has 1 aliphatic heterocycles. The summed E-state index contributed by atoms with van der Waals surface area (Å²) in [6.07, 6.45) is 5.52. The number of hydrogen-bond acceptors (Lipinski definition) is 5. The Labute approximate surface area is 201 Å². The molecule has 0 spiro atoms. The van der Waals surface area contributed by atoms with Crippen LogP contribution < -0.4 is 9.70 Å². The van der Waals surface area contributed by atoms with Crippen LogP contribution in [0.2, 0.25) is 0 Å². The predicted molar refractivity (Wildman–Crippen MR) is 137 cm³/mol. The van der Waals surface area contributed by atoms with Crippen LogP contribution in [0.15, 0.2) is 53.5 Å². The van der Waals surface area contributed by atoms with E-state index in [4.69, 9.17) is 6.42 Å². The first-order chi connectivity index (χ1) is 16.0. The number of rotatable bonds is 6. The number of nitrogens with zero attached hydrogens (tertiary/aromatic N) is 4. The minimum absolute atomic E-state index is 0.0697. The number of terminal acetylenes is 1. The molecule has 1 fully saturated rings. The Morgan fingerprint density at radius 3 is 2.58 bits per heavy atom. The monoisotopic (exact) mass is 478 g/mol. The highest BCUT2D eigenvalue weighted by atomic mass is 32.2. The summed E-state index contributed by atoms with van der Waals surface area (Å²) in [5, 5.41) is 0. The summed E-state index contributed by atoms with van der Waals surface area (Å²) in [4.78, 5) is 34.1. The number of carbonyl (C=O) groups is 2. The lowest BCUT2D eigenvalue weighted by Gasteiger charge is -2.36. The number of anilines is 1. The zero-order chi connectivity index (χ0) is 23.2. The van der Waals surface area contributed by atoms with Gasteiger partial charge < -0.3 is 14.4 Å². The molecule has 0 atom stereocenters. The molecule has 2 heterocycles. The third-order valence-electron chi connectivity index (χ3n) is 5.51.